The monoisotopic (exact) mass is 500 g/mol. The summed E-state index contributed by atoms with van der Waals surface area (Å²) >= 11 is 0. The topological polar surface area (TPSA) is 259 Å². The Kier molecular flexibility index (Phi) is 7.65. The molecule has 2 fully saturated rings. The first-order chi connectivity index (χ1) is 13.5. The number of rotatable bonds is 8. The summed E-state index contributed by atoms with van der Waals surface area (Å²) in [6, 6.07) is -0.687. The molecule has 2 saturated heterocycles. The van der Waals surface area contributed by atoms with Gasteiger partial charge in [-0.2, -0.15) is 8.62 Å². The lowest BCUT2D eigenvalue weighted by molar-refractivity contribution is -0.134. The molecule has 0 radical (unpaired) electrons. The number of hydrogen-bond acceptors (Lipinski definition) is 11. The van der Waals surface area contributed by atoms with Crippen LogP contribution in [0.1, 0.15) is 0 Å². The van der Waals surface area contributed by atoms with Crippen LogP contribution in [0.15, 0.2) is 0 Å². The van der Waals surface area contributed by atoms with E-state index in [-0.39, 0.29) is 6.54 Å². The largest absolute Gasteiger partial charge is 0.490 e. The van der Waals surface area contributed by atoms with Crippen LogP contribution in [0.3, 0.4) is 0 Å². The molecule has 7 N–H and O–H groups in total. The number of amides is 3. The van der Waals surface area contributed by atoms with Crippen molar-refractivity contribution in [3.05, 3.63) is 0 Å². The normalized spacial score (nSPS) is 34.4. The number of nitrogens with zero attached hydrogens (tertiary/aromatic N) is 1. The summed E-state index contributed by atoms with van der Waals surface area (Å²) in [5.41, 5.74) is 0. The number of aliphatic hydroxyl groups is 2. The SMILES string of the molecule is CN1CC([C@@H]2O[C@H](COP(=O)(O)OP(=O)(O)OP(=O)(O)O)[C@@H](O)[C@H]2O)C(=O)NC1=O. The van der Waals surface area contributed by atoms with Gasteiger partial charge in [-0.25, -0.2) is 18.5 Å². The van der Waals surface area contributed by atoms with E-state index in [0.29, 0.717) is 0 Å². The maximum absolute atomic E-state index is 12.0. The molecule has 2 aliphatic rings. The number of aliphatic hydroxyl groups excluding tert-OH is 2. The zero-order valence-electron chi connectivity index (χ0n) is 14.9. The number of urea groups is 1. The van der Waals surface area contributed by atoms with E-state index in [2.05, 4.69) is 13.1 Å². The number of imide groups is 1. The Bertz CT molecular complexity index is 829. The minimum Gasteiger partial charge on any atom is -0.388 e. The molecule has 0 aromatic rings. The number of nitrogens with one attached hydrogen (secondary N) is 1. The van der Waals surface area contributed by atoms with Crippen molar-refractivity contribution >= 4 is 35.4 Å². The quantitative estimate of drug-likeness (QED) is 0.172. The summed E-state index contributed by atoms with van der Waals surface area (Å²) in [5, 5.41) is 22.2. The number of carbonyl (C=O) groups is 2. The fourth-order valence-corrected chi connectivity index (χ4v) is 5.76. The molecule has 2 rings (SSSR count). The highest BCUT2D eigenvalue weighted by atomic mass is 31.3. The minimum absolute atomic E-state index is 0.165. The van der Waals surface area contributed by atoms with E-state index in [4.69, 9.17) is 19.4 Å². The number of phosphoric acid groups is 3. The van der Waals surface area contributed by atoms with Crippen molar-refractivity contribution in [3.8, 4) is 0 Å². The average Bonchev–Trinajstić information content (AvgIpc) is 2.81. The number of phosphoric ester groups is 1. The first-order valence-electron chi connectivity index (χ1n) is 7.87. The van der Waals surface area contributed by atoms with Gasteiger partial charge < -0.3 is 39.4 Å². The highest BCUT2D eigenvalue weighted by Gasteiger charge is 2.51. The Morgan fingerprint density at radius 3 is 2.23 bits per heavy atom. The summed E-state index contributed by atoms with van der Waals surface area (Å²) in [5.74, 6) is -1.89. The molecule has 0 saturated carbocycles. The van der Waals surface area contributed by atoms with E-state index in [1.54, 1.807) is 0 Å². The van der Waals surface area contributed by atoms with Gasteiger partial charge in [-0.15, -0.1) is 0 Å². The molecule has 0 aromatic heterocycles. The summed E-state index contributed by atoms with van der Waals surface area (Å²) in [6.45, 7) is -1.18. The number of carbonyl (C=O) groups excluding carboxylic acids is 2. The molecule has 3 amide bonds. The second-order valence-corrected chi connectivity index (χ2v) is 10.7. The highest BCUT2D eigenvalue weighted by Crippen LogP contribution is 2.66. The van der Waals surface area contributed by atoms with Crippen molar-refractivity contribution in [1.29, 1.82) is 0 Å². The van der Waals surface area contributed by atoms with Crippen LogP contribution in [-0.2, 0) is 36.4 Å². The van der Waals surface area contributed by atoms with Crippen LogP contribution in [0.5, 0.6) is 0 Å². The van der Waals surface area contributed by atoms with E-state index < -0.39 is 72.3 Å². The van der Waals surface area contributed by atoms with Gasteiger partial charge in [-0.3, -0.25) is 14.6 Å². The first kappa shape index (κ1) is 25.5. The molecule has 0 bridgehead atoms. The van der Waals surface area contributed by atoms with Crippen molar-refractivity contribution in [2.24, 2.45) is 5.92 Å². The van der Waals surface area contributed by atoms with Crippen molar-refractivity contribution in [2.45, 2.75) is 24.4 Å². The molecule has 0 aliphatic carbocycles. The Labute approximate surface area is 168 Å². The van der Waals surface area contributed by atoms with E-state index in [9.17, 15) is 38.4 Å². The zero-order valence-corrected chi connectivity index (χ0v) is 17.6. The molecule has 7 atom stereocenters. The lowest BCUT2D eigenvalue weighted by atomic mass is 9.93. The van der Waals surface area contributed by atoms with Gasteiger partial charge in [0.05, 0.1) is 18.6 Å². The molecule has 174 valence electrons. The molecule has 30 heavy (non-hydrogen) atoms. The molecule has 2 aliphatic heterocycles. The van der Waals surface area contributed by atoms with Gasteiger partial charge in [0, 0.05) is 13.6 Å². The van der Waals surface area contributed by atoms with Gasteiger partial charge >= 0.3 is 29.5 Å². The predicted molar refractivity (Wildman–Crippen MR) is 90.2 cm³/mol. The Morgan fingerprint density at radius 1 is 1.07 bits per heavy atom. The lowest BCUT2D eigenvalue weighted by Gasteiger charge is -2.33. The average molecular weight is 500 g/mol. The second-order valence-electron chi connectivity index (χ2n) is 6.29. The second kappa shape index (κ2) is 9.00. The van der Waals surface area contributed by atoms with Crippen molar-refractivity contribution < 1.29 is 71.0 Å². The summed E-state index contributed by atoms with van der Waals surface area (Å²) in [4.78, 5) is 59.9. The van der Waals surface area contributed by atoms with Crippen LogP contribution in [-0.4, -0.2) is 91.2 Å². The van der Waals surface area contributed by atoms with Gasteiger partial charge in [-0.05, 0) is 0 Å². The summed E-state index contributed by atoms with van der Waals surface area (Å²) in [6.07, 6.45) is -6.27. The third-order valence-electron chi connectivity index (χ3n) is 4.00. The standard InChI is InChI=1S/C10H19N2O15P3/c1-12-2-4(9(15)11-10(12)16)8-7(14)6(13)5(25-8)3-24-29(20,21)27-30(22,23)26-28(17,18)19/h4-8,13-14H,2-3H2,1H3,(H,20,21)(H,22,23)(H,11,15,16)(H2,17,18,19)/t4?,5-,6-,7-,8+/m1/s1. The van der Waals surface area contributed by atoms with Crippen LogP contribution in [0.4, 0.5) is 4.79 Å². The highest BCUT2D eigenvalue weighted by molar-refractivity contribution is 7.66. The fraction of sp³-hybridized carbons (Fsp3) is 0.800. The van der Waals surface area contributed by atoms with Crippen LogP contribution in [0, 0.1) is 5.92 Å². The van der Waals surface area contributed by atoms with Crippen molar-refractivity contribution in [3.63, 3.8) is 0 Å². The molecular weight excluding hydrogens is 481 g/mol. The first-order valence-corrected chi connectivity index (χ1v) is 12.4. The predicted octanol–water partition coefficient (Wildman–Crippen LogP) is -2.38. The fourth-order valence-electron chi connectivity index (χ4n) is 2.73. The van der Waals surface area contributed by atoms with Crippen LogP contribution >= 0.6 is 23.5 Å². The molecule has 20 heteroatoms. The summed E-state index contributed by atoms with van der Waals surface area (Å²) in [7, 11) is -15.4. The smallest absolute Gasteiger partial charge is 0.388 e. The van der Waals surface area contributed by atoms with E-state index in [0.717, 1.165) is 4.90 Å². The maximum atomic E-state index is 12.0. The molecule has 0 spiro atoms. The molecule has 3 unspecified atom stereocenters. The van der Waals surface area contributed by atoms with Crippen molar-refractivity contribution in [1.82, 2.24) is 10.2 Å². The molecular formula is C10H19N2O15P3. The van der Waals surface area contributed by atoms with E-state index in [1.807, 2.05) is 5.32 Å². The zero-order chi connectivity index (χ0) is 23.1. The summed E-state index contributed by atoms with van der Waals surface area (Å²) < 4.78 is 50.2. The maximum Gasteiger partial charge on any atom is 0.490 e. The van der Waals surface area contributed by atoms with E-state index in [1.165, 1.54) is 7.05 Å². The third-order valence-corrected chi connectivity index (χ3v) is 7.80. The molecule has 2 heterocycles. The van der Waals surface area contributed by atoms with Crippen LogP contribution < -0.4 is 5.32 Å². The van der Waals surface area contributed by atoms with E-state index >= 15 is 0 Å². The van der Waals surface area contributed by atoms with Crippen LogP contribution in [0.2, 0.25) is 0 Å². The van der Waals surface area contributed by atoms with Crippen molar-refractivity contribution in [2.75, 3.05) is 20.2 Å². The van der Waals surface area contributed by atoms with Gasteiger partial charge in [0.25, 0.3) is 0 Å². The van der Waals surface area contributed by atoms with Gasteiger partial charge in [0.1, 0.15) is 18.3 Å². The third kappa shape index (κ3) is 6.61. The lowest BCUT2D eigenvalue weighted by Crippen LogP contribution is -2.57. The molecule has 0 aromatic carbocycles. The molecule has 17 nitrogen and oxygen atoms in total. The van der Waals surface area contributed by atoms with Gasteiger partial charge in [0.15, 0.2) is 0 Å². The van der Waals surface area contributed by atoms with Gasteiger partial charge in [-0.1, -0.05) is 0 Å². The van der Waals surface area contributed by atoms with Gasteiger partial charge in [0.2, 0.25) is 5.91 Å². The Morgan fingerprint density at radius 2 is 1.67 bits per heavy atom. The van der Waals surface area contributed by atoms with Crippen LogP contribution in [0.25, 0.3) is 0 Å². The Balaban J connectivity index is 2.00. The number of ether oxygens (including phenoxy) is 1. The minimum atomic E-state index is -5.72. The Hall–Kier alpha value is -0.770. The number of hydrogen-bond donors (Lipinski definition) is 7.